The van der Waals surface area contributed by atoms with Gasteiger partial charge in [0, 0.05) is 23.4 Å². The van der Waals surface area contributed by atoms with Gasteiger partial charge in [0.2, 0.25) is 0 Å². The van der Waals surface area contributed by atoms with E-state index in [-0.39, 0.29) is 16.6 Å². The maximum atomic E-state index is 12.3. The van der Waals surface area contributed by atoms with Crippen LogP contribution in [0.4, 0.5) is 5.13 Å². The largest absolute Gasteiger partial charge is 0.396 e. The van der Waals surface area contributed by atoms with Gasteiger partial charge in [0.25, 0.3) is 10.0 Å². The third-order valence-electron chi connectivity index (χ3n) is 2.65. The first-order valence-electron chi connectivity index (χ1n) is 5.77. The van der Waals surface area contributed by atoms with Gasteiger partial charge in [-0.1, -0.05) is 17.7 Å². The van der Waals surface area contributed by atoms with Gasteiger partial charge in [-0.05, 0) is 24.6 Å². The van der Waals surface area contributed by atoms with Gasteiger partial charge in [-0.25, -0.2) is 13.4 Å². The summed E-state index contributed by atoms with van der Waals surface area (Å²) < 4.78 is 27.0. The number of anilines is 1. The molecule has 1 aromatic heterocycles. The van der Waals surface area contributed by atoms with E-state index in [0.29, 0.717) is 22.7 Å². The monoisotopic (exact) mass is 332 g/mol. The van der Waals surface area contributed by atoms with Crippen molar-refractivity contribution in [3.8, 4) is 0 Å². The second kappa shape index (κ2) is 6.09. The topological polar surface area (TPSA) is 79.3 Å². The lowest BCUT2D eigenvalue weighted by atomic mass is 10.2. The minimum absolute atomic E-state index is 0.0245. The Bertz CT molecular complexity index is 713. The fourth-order valence-corrected chi connectivity index (χ4v) is 4.13. The van der Waals surface area contributed by atoms with Crippen LogP contribution in [-0.4, -0.2) is 25.1 Å². The molecule has 0 saturated heterocycles. The Morgan fingerprint density at radius 1 is 1.45 bits per heavy atom. The molecular weight excluding hydrogens is 320 g/mol. The van der Waals surface area contributed by atoms with Crippen LogP contribution >= 0.6 is 22.9 Å². The zero-order valence-electron chi connectivity index (χ0n) is 10.6. The Morgan fingerprint density at radius 2 is 2.20 bits per heavy atom. The highest BCUT2D eigenvalue weighted by Gasteiger charge is 2.19. The molecule has 0 aliphatic rings. The van der Waals surface area contributed by atoms with E-state index >= 15 is 0 Å². The summed E-state index contributed by atoms with van der Waals surface area (Å²) in [4.78, 5) is 4.23. The number of hydrogen-bond donors (Lipinski definition) is 2. The molecule has 1 heterocycles. The van der Waals surface area contributed by atoms with Crippen molar-refractivity contribution in [2.24, 2.45) is 0 Å². The van der Waals surface area contributed by atoms with Crippen molar-refractivity contribution in [3.05, 3.63) is 39.9 Å². The molecule has 0 spiro atoms. The summed E-state index contributed by atoms with van der Waals surface area (Å²) in [5, 5.41) is 11.2. The second-order valence-electron chi connectivity index (χ2n) is 4.09. The summed E-state index contributed by atoms with van der Waals surface area (Å²) in [6, 6.07) is 4.72. The van der Waals surface area contributed by atoms with Gasteiger partial charge in [-0.15, -0.1) is 11.3 Å². The summed E-state index contributed by atoms with van der Waals surface area (Å²) in [6.45, 7) is 1.62. The molecule has 108 valence electrons. The molecular formula is C12H13ClN2O3S2. The molecule has 0 radical (unpaired) electrons. The number of sulfonamides is 1. The highest BCUT2D eigenvalue weighted by molar-refractivity contribution is 7.93. The quantitative estimate of drug-likeness (QED) is 0.881. The predicted octanol–water partition coefficient (Wildman–Crippen LogP) is 2.44. The van der Waals surface area contributed by atoms with Crippen LogP contribution in [0.15, 0.2) is 28.5 Å². The van der Waals surface area contributed by atoms with Crippen LogP contribution in [0.25, 0.3) is 0 Å². The maximum Gasteiger partial charge on any atom is 0.263 e. The Labute approximate surface area is 126 Å². The standard InChI is InChI=1S/C12H13ClN2O3S2/c1-8-10(13)3-2-4-11(8)20(17,18)15-12-14-9(5-6-16)7-19-12/h2-4,7,16H,5-6H2,1H3,(H,14,15). The van der Waals surface area contributed by atoms with Gasteiger partial charge >= 0.3 is 0 Å². The first-order valence-corrected chi connectivity index (χ1v) is 8.51. The molecule has 5 nitrogen and oxygen atoms in total. The highest BCUT2D eigenvalue weighted by atomic mass is 35.5. The molecule has 1 aromatic carbocycles. The molecule has 8 heteroatoms. The lowest BCUT2D eigenvalue weighted by molar-refractivity contribution is 0.298. The van der Waals surface area contributed by atoms with Crippen LogP contribution < -0.4 is 4.72 Å². The van der Waals surface area contributed by atoms with Crippen molar-refractivity contribution in [1.82, 2.24) is 4.98 Å². The predicted molar refractivity (Wildman–Crippen MR) is 79.9 cm³/mol. The molecule has 0 aliphatic heterocycles. The number of aromatic nitrogens is 1. The number of aliphatic hydroxyl groups excluding tert-OH is 1. The van der Waals surface area contributed by atoms with Crippen molar-refractivity contribution < 1.29 is 13.5 Å². The number of aliphatic hydroxyl groups is 1. The summed E-state index contributed by atoms with van der Waals surface area (Å²) in [5.74, 6) is 0. The van der Waals surface area contributed by atoms with Crippen LogP contribution in [0.1, 0.15) is 11.3 Å². The molecule has 0 atom stereocenters. The Morgan fingerprint density at radius 3 is 2.90 bits per heavy atom. The number of nitrogens with one attached hydrogen (secondary N) is 1. The smallest absolute Gasteiger partial charge is 0.263 e. The number of benzene rings is 1. The Hall–Kier alpha value is -1.15. The van der Waals surface area contributed by atoms with Gasteiger partial charge in [0.05, 0.1) is 10.6 Å². The molecule has 0 amide bonds. The minimum Gasteiger partial charge on any atom is -0.396 e. The van der Waals surface area contributed by atoms with Crippen molar-refractivity contribution in [2.75, 3.05) is 11.3 Å². The average Bonchev–Trinajstić information content (AvgIpc) is 2.79. The van der Waals surface area contributed by atoms with Crippen LogP contribution in [0, 0.1) is 6.92 Å². The third kappa shape index (κ3) is 3.29. The minimum atomic E-state index is -3.72. The fourth-order valence-electron chi connectivity index (χ4n) is 1.63. The van der Waals surface area contributed by atoms with Crippen LogP contribution in [0.5, 0.6) is 0 Å². The Kier molecular flexibility index (Phi) is 4.64. The summed E-state index contributed by atoms with van der Waals surface area (Å²) in [6.07, 6.45) is 0.397. The number of hydrogen-bond acceptors (Lipinski definition) is 5. The lowest BCUT2D eigenvalue weighted by Gasteiger charge is -2.09. The SMILES string of the molecule is Cc1c(Cl)cccc1S(=O)(=O)Nc1nc(CCO)cs1. The average molecular weight is 333 g/mol. The number of halogens is 1. The number of thiazole rings is 1. The fraction of sp³-hybridized carbons (Fsp3) is 0.250. The summed E-state index contributed by atoms with van der Waals surface area (Å²) in [5.41, 5.74) is 1.15. The van der Waals surface area contributed by atoms with E-state index in [1.165, 1.54) is 17.4 Å². The van der Waals surface area contributed by atoms with E-state index < -0.39 is 10.0 Å². The van der Waals surface area contributed by atoms with Gasteiger partial charge in [-0.2, -0.15) is 0 Å². The van der Waals surface area contributed by atoms with Gasteiger partial charge in [0.15, 0.2) is 5.13 Å². The van der Waals surface area contributed by atoms with E-state index in [0.717, 1.165) is 0 Å². The first-order chi connectivity index (χ1) is 9.44. The molecule has 2 aromatic rings. The lowest BCUT2D eigenvalue weighted by Crippen LogP contribution is -2.14. The molecule has 2 rings (SSSR count). The van der Waals surface area contributed by atoms with E-state index in [1.807, 2.05) is 0 Å². The highest BCUT2D eigenvalue weighted by Crippen LogP contribution is 2.26. The molecule has 0 saturated carbocycles. The van der Waals surface area contributed by atoms with E-state index in [9.17, 15) is 8.42 Å². The third-order valence-corrected chi connectivity index (χ3v) is 5.48. The number of rotatable bonds is 5. The molecule has 0 unspecified atom stereocenters. The summed E-state index contributed by atoms with van der Waals surface area (Å²) >= 11 is 7.11. The molecule has 2 N–H and O–H groups in total. The van der Waals surface area contributed by atoms with Crippen molar-refractivity contribution in [1.29, 1.82) is 0 Å². The first kappa shape index (κ1) is 15.2. The van der Waals surface area contributed by atoms with E-state index in [4.69, 9.17) is 16.7 Å². The van der Waals surface area contributed by atoms with Crippen molar-refractivity contribution in [2.45, 2.75) is 18.2 Å². The van der Waals surface area contributed by atoms with E-state index in [2.05, 4.69) is 9.71 Å². The second-order valence-corrected chi connectivity index (χ2v) is 7.00. The number of nitrogens with zero attached hydrogens (tertiary/aromatic N) is 1. The normalized spacial score (nSPS) is 11.6. The molecule has 0 fully saturated rings. The van der Waals surface area contributed by atoms with Crippen LogP contribution in [0.3, 0.4) is 0 Å². The van der Waals surface area contributed by atoms with Crippen molar-refractivity contribution in [3.63, 3.8) is 0 Å². The molecule has 20 heavy (non-hydrogen) atoms. The van der Waals surface area contributed by atoms with Gasteiger partial charge in [-0.3, -0.25) is 4.72 Å². The van der Waals surface area contributed by atoms with Gasteiger partial charge in [0.1, 0.15) is 0 Å². The molecule has 0 aliphatic carbocycles. The zero-order valence-corrected chi connectivity index (χ0v) is 13.0. The van der Waals surface area contributed by atoms with Gasteiger partial charge < -0.3 is 5.11 Å². The molecule has 0 bridgehead atoms. The Balaban J connectivity index is 2.28. The van der Waals surface area contributed by atoms with Crippen LogP contribution in [0.2, 0.25) is 5.02 Å². The summed E-state index contributed by atoms with van der Waals surface area (Å²) in [7, 11) is -3.72. The van der Waals surface area contributed by atoms with Crippen LogP contribution in [-0.2, 0) is 16.4 Å². The van der Waals surface area contributed by atoms with E-state index in [1.54, 1.807) is 24.4 Å². The zero-order chi connectivity index (χ0) is 14.8. The van der Waals surface area contributed by atoms with Crippen molar-refractivity contribution >= 4 is 38.1 Å². The maximum absolute atomic E-state index is 12.3.